The van der Waals surface area contributed by atoms with Crippen molar-refractivity contribution in [3.8, 4) is 0 Å². The zero-order chi connectivity index (χ0) is 12.0. The van der Waals surface area contributed by atoms with Crippen LogP contribution < -0.4 is 5.32 Å². The maximum absolute atomic E-state index is 11.5. The molecule has 1 fully saturated rings. The quantitative estimate of drug-likeness (QED) is 0.545. The molecule has 0 aromatic rings. The van der Waals surface area contributed by atoms with Gasteiger partial charge in [-0.2, -0.15) is 12.6 Å². The van der Waals surface area contributed by atoms with Gasteiger partial charge in [0.15, 0.2) is 0 Å². The third-order valence-electron chi connectivity index (χ3n) is 2.84. The van der Waals surface area contributed by atoms with E-state index in [1.54, 1.807) is 0 Å². The highest BCUT2D eigenvalue weighted by atomic mass is 32.1. The Hall–Kier alpha value is -0.710. The summed E-state index contributed by atoms with van der Waals surface area (Å²) in [7, 11) is 0. The van der Waals surface area contributed by atoms with Gasteiger partial charge in [0.05, 0.1) is 6.61 Å². The zero-order valence-corrected chi connectivity index (χ0v) is 10.5. The molecule has 1 rings (SSSR count). The molecule has 1 aliphatic carbocycles. The summed E-state index contributed by atoms with van der Waals surface area (Å²) in [5.41, 5.74) is 0. The number of amides is 1. The lowest BCUT2D eigenvalue weighted by atomic mass is 9.83. The molecule has 1 unspecified atom stereocenters. The Kier molecular flexibility index (Phi) is 5.66. The summed E-state index contributed by atoms with van der Waals surface area (Å²) in [5.74, 6) is 0.365. The second-order valence-corrected chi connectivity index (χ2v) is 4.55. The Morgan fingerprint density at radius 2 is 2.19 bits per heavy atom. The summed E-state index contributed by atoms with van der Waals surface area (Å²) in [4.78, 5) is 22.3. The van der Waals surface area contributed by atoms with Crippen LogP contribution in [0.5, 0.6) is 0 Å². The van der Waals surface area contributed by atoms with E-state index in [9.17, 15) is 9.59 Å². The molecule has 5 heteroatoms. The average Bonchev–Trinajstić information content (AvgIpc) is 2.17. The van der Waals surface area contributed by atoms with Gasteiger partial charge in [-0.3, -0.25) is 4.79 Å². The van der Waals surface area contributed by atoms with Crippen LogP contribution in [0.4, 0.5) is 0 Å². The van der Waals surface area contributed by atoms with E-state index >= 15 is 0 Å². The maximum Gasteiger partial charge on any atom is 0.329 e. The number of rotatable bonds is 6. The summed E-state index contributed by atoms with van der Waals surface area (Å²) in [6, 6.07) is -0.623. The molecule has 1 saturated carbocycles. The van der Waals surface area contributed by atoms with E-state index in [2.05, 4.69) is 17.9 Å². The Balaban J connectivity index is 2.17. The highest BCUT2D eigenvalue weighted by molar-refractivity contribution is 7.80. The molecule has 0 radical (unpaired) electrons. The van der Waals surface area contributed by atoms with Crippen molar-refractivity contribution in [2.24, 2.45) is 5.92 Å². The van der Waals surface area contributed by atoms with Crippen LogP contribution in [0.1, 0.15) is 32.6 Å². The fourth-order valence-electron chi connectivity index (χ4n) is 1.63. The molecule has 1 amide bonds. The number of carbonyl (C=O) groups excluding carboxylic acids is 2. The van der Waals surface area contributed by atoms with Crippen LogP contribution in [0.2, 0.25) is 0 Å². The molecule has 0 bridgehead atoms. The minimum absolute atomic E-state index is 0.241. The Morgan fingerprint density at radius 1 is 1.50 bits per heavy atom. The van der Waals surface area contributed by atoms with Gasteiger partial charge in [0.2, 0.25) is 5.91 Å². The molecule has 1 aliphatic rings. The minimum atomic E-state index is -0.623. The van der Waals surface area contributed by atoms with Gasteiger partial charge in [-0.25, -0.2) is 4.79 Å². The monoisotopic (exact) mass is 245 g/mol. The first kappa shape index (κ1) is 13.4. The van der Waals surface area contributed by atoms with E-state index in [-0.39, 0.29) is 17.6 Å². The van der Waals surface area contributed by atoms with Gasteiger partial charge >= 0.3 is 5.97 Å². The third kappa shape index (κ3) is 4.43. The third-order valence-corrected chi connectivity index (χ3v) is 3.20. The van der Waals surface area contributed by atoms with Crippen LogP contribution in [0.25, 0.3) is 0 Å². The van der Waals surface area contributed by atoms with Crippen molar-refractivity contribution >= 4 is 24.5 Å². The fourth-order valence-corrected chi connectivity index (χ4v) is 1.87. The van der Waals surface area contributed by atoms with Gasteiger partial charge in [-0.05, 0) is 12.3 Å². The first-order valence-electron chi connectivity index (χ1n) is 5.68. The highest BCUT2D eigenvalue weighted by Crippen LogP contribution is 2.29. The van der Waals surface area contributed by atoms with Crippen LogP contribution in [0.15, 0.2) is 0 Å². The first-order valence-corrected chi connectivity index (χ1v) is 6.31. The van der Waals surface area contributed by atoms with E-state index in [1.165, 1.54) is 26.2 Å². The normalized spacial score (nSPS) is 17.4. The van der Waals surface area contributed by atoms with Gasteiger partial charge in [0, 0.05) is 12.7 Å². The van der Waals surface area contributed by atoms with Crippen molar-refractivity contribution in [2.45, 2.75) is 38.6 Å². The van der Waals surface area contributed by atoms with Crippen molar-refractivity contribution < 1.29 is 14.3 Å². The molecule has 0 spiro atoms. The molecule has 92 valence electrons. The summed E-state index contributed by atoms with van der Waals surface area (Å²) < 4.78 is 5.10. The molecule has 0 aromatic heterocycles. The zero-order valence-electron chi connectivity index (χ0n) is 9.57. The van der Waals surface area contributed by atoms with Crippen molar-refractivity contribution in [1.82, 2.24) is 5.32 Å². The molecular weight excluding hydrogens is 226 g/mol. The van der Waals surface area contributed by atoms with E-state index in [0.717, 1.165) is 12.3 Å². The Labute approximate surface area is 102 Å². The lowest BCUT2D eigenvalue weighted by Crippen LogP contribution is -2.42. The SMILES string of the molecule is CC(=O)NC(CS)C(=O)OCCC1CCC1. The number of hydrogen-bond donors (Lipinski definition) is 2. The molecule has 16 heavy (non-hydrogen) atoms. The second-order valence-electron chi connectivity index (χ2n) is 4.19. The molecule has 0 aliphatic heterocycles. The minimum Gasteiger partial charge on any atom is -0.464 e. The van der Waals surface area contributed by atoms with Crippen LogP contribution in [-0.4, -0.2) is 30.3 Å². The number of carbonyl (C=O) groups is 2. The number of ether oxygens (including phenoxy) is 1. The Morgan fingerprint density at radius 3 is 2.62 bits per heavy atom. The summed E-state index contributed by atoms with van der Waals surface area (Å²) in [6.45, 7) is 1.82. The summed E-state index contributed by atoms with van der Waals surface area (Å²) >= 11 is 4.01. The average molecular weight is 245 g/mol. The number of nitrogens with one attached hydrogen (secondary N) is 1. The van der Waals surface area contributed by atoms with Crippen LogP contribution >= 0.6 is 12.6 Å². The lowest BCUT2D eigenvalue weighted by molar-refractivity contribution is -0.147. The van der Waals surface area contributed by atoms with Crippen molar-refractivity contribution in [3.05, 3.63) is 0 Å². The number of thiol groups is 1. The molecular formula is C11H19NO3S. The first-order chi connectivity index (χ1) is 7.63. The van der Waals surface area contributed by atoms with Gasteiger partial charge in [-0.1, -0.05) is 19.3 Å². The van der Waals surface area contributed by atoms with Gasteiger partial charge in [0.25, 0.3) is 0 Å². The summed E-state index contributed by atoms with van der Waals surface area (Å²) in [5, 5.41) is 2.51. The van der Waals surface area contributed by atoms with Crippen molar-refractivity contribution in [2.75, 3.05) is 12.4 Å². The van der Waals surface area contributed by atoms with E-state index in [1.807, 2.05) is 0 Å². The van der Waals surface area contributed by atoms with E-state index < -0.39 is 6.04 Å². The Bertz CT molecular complexity index is 254. The highest BCUT2D eigenvalue weighted by Gasteiger charge is 2.21. The standard InChI is InChI=1S/C11H19NO3S/c1-8(13)12-10(7-16)11(14)15-6-5-9-3-2-4-9/h9-10,16H,2-7H2,1H3,(H,12,13). The van der Waals surface area contributed by atoms with Crippen molar-refractivity contribution in [1.29, 1.82) is 0 Å². The molecule has 0 heterocycles. The largest absolute Gasteiger partial charge is 0.464 e. The van der Waals surface area contributed by atoms with E-state index in [0.29, 0.717) is 6.61 Å². The molecule has 0 saturated heterocycles. The van der Waals surface area contributed by atoms with Crippen LogP contribution in [-0.2, 0) is 14.3 Å². The summed E-state index contributed by atoms with van der Waals surface area (Å²) in [6.07, 6.45) is 4.73. The van der Waals surface area contributed by atoms with Crippen LogP contribution in [0.3, 0.4) is 0 Å². The molecule has 0 aromatic carbocycles. The van der Waals surface area contributed by atoms with Crippen molar-refractivity contribution in [3.63, 3.8) is 0 Å². The van der Waals surface area contributed by atoms with Crippen LogP contribution in [0, 0.1) is 5.92 Å². The molecule has 1 atom stereocenters. The smallest absolute Gasteiger partial charge is 0.329 e. The second kappa shape index (κ2) is 6.78. The van der Waals surface area contributed by atoms with Gasteiger partial charge < -0.3 is 10.1 Å². The van der Waals surface area contributed by atoms with Gasteiger partial charge in [0.1, 0.15) is 6.04 Å². The van der Waals surface area contributed by atoms with Gasteiger partial charge in [-0.15, -0.1) is 0 Å². The topological polar surface area (TPSA) is 55.4 Å². The van der Waals surface area contributed by atoms with E-state index in [4.69, 9.17) is 4.74 Å². The predicted octanol–water partition coefficient (Wildman–Crippen LogP) is 1.15. The fraction of sp³-hybridized carbons (Fsp3) is 0.818. The maximum atomic E-state index is 11.5. The predicted molar refractivity (Wildman–Crippen MR) is 64.4 cm³/mol. The molecule has 1 N–H and O–H groups in total. The lowest BCUT2D eigenvalue weighted by Gasteiger charge is -2.25. The number of esters is 1. The number of hydrogen-bond acceptors (Lipinski definition) is 4. The molecule has 4 nitrogen and oxygen atoms in total.